The van der Waals surface area contributed by atoms with Crippen LogP contribution < -0.4 is 10.2 Å². The van der Waals surface area contributed by atoms with Crippen molar-refractivity contribution in [2.24, 2.45) is 5.92 Å². The molecule has 1 saturated heterocycles. The van der Waals surface area contributed by atoms with Crippen molar-refractivity contribution in [3.05, 3.63) is 54.0 Å². The third-order valence-electron chi connectivity index (χ3n) is 6.51. The molecule has 1 atom stereocenters. The van der Waals surface area contributed by atoms with Crippen LogP contribution in [0.1, 0.15) is 24.0 Å². The molecule has 0 aliphatic carbocycles. The molecule has 0 amide bonds. The monoisotopic (exact) mass is 541 g/mol. The van der Waals surface area contributed by atoms with Crippen molar-refractivity contribution in [1.29, 1.82) is 0 Å². The zero-order valence-corrected chi connectivity index (χ0v) is 21.5. The Morgan fingerprint density at radius 1 is 1.08 bits per heavy atom. The second-order valence-electron chi connectivity index (χ2n) is 9.77. The quantitative estimate of drug-likeness (QED) is 0.328. The Morgan fingerprint density at radius 3 is 2.64 bits per heavy atom. The van der Waals surface area contributed by atoms with Gasteiger partial charge in [0.1, 0.15) is 29.4 Å². The van der Waals surface area contributed by atoms with E-state index in [1.807, 2.05) is 0 Å². The molecule has 4 aromatic rings. The number of nitrogens with one attached hydrogen (secondary N) is 1. The summed E-state index contributed by atoms with van der Waals surface area (Å²) in [5.74, 6) is 1.34. The third kappa shape index (κ3) is 6.03. The molecule has 0 spiro atoms. The Balaban J connectivity index is 1.39. The van der Waals surface area contributed by atoms with Gasteiger partial charge in [0.25, 0.3) is 0 Å². The molecule has 0 bridgehead atoms. The molecule has 1 N–H and O–H groups in total. The Bertz CT molecular complexity index is 1440. The highest BCUT2D eigenvalue weighted by Crippen LogP contribution is 2.31. The van der Waals surface area contributed by atoms with Gasteiger partial charge in [0, 0.05) is 37.6 Å². The molecule has 5 rings (SSSR count). The number of piperidine rings is 1. The lowest BCUT2D eigenvalue weighted by molar-refractivity contribution is -0.137. The fraction of sp³-hybridized carbons (Fsp3) is 0.385. The van der Waals surface area contributed by atoms with E-state index in [9.17, 15) is 17.6 Å². The molecule has 4 aromatic heterocycles. The Hall–Kier alpha value is -4.00. The predicted octanol–water partition coefficient (Wildman–Crippen LogP) is 4.89. The van der Waals surface area contributed by atoms with Crippen molar-refractivity contribution in [2.75, 3.05) is 43.9 Å². The molecule has 204 valence electrons. The Labute approximate surface area is 222 Å². The topological polar surface area (TPSA) is 95.8 Å². The lowest BCUT2D eigenvalue weighted by Crippen LogP contribution is -2.40. The maximum Gasteiger partial charge on any atom is 0.417 e. The maximum atomic E-state index is 14.1. The number of nitrogens with zero attached hydrogens (tertiary/aromatic N) is 8. The van der Waals surface area contributed by atoms with Gasteiger partial charge < -0.3 is 15.1 Å². The first-order chi connectivity index (χ1) is 18.7. The maximum absolute atomic E-state index is 14.1. The van der Waals surface area contributed by atoms with Gasteiger partial charge in [-0.1, -0.05) is 0 Å². The molecule has 0 aromatic carbocycles. The number of hydrogen-bond acceptors (Lipinski definition) is 9. The summed E-state index contributed by atoms with van der Waals surface area (Å²) in [5.41, 5.74) is 1.18. The summed E-state index contributed by atoms with van der Waals surface area (Å²) >= 11 is 0. The molecule has 0 radical (unpaired) electrons. The Morgan fingerprint density at radius 2 is 1.92 bits per heavy atom. The van der Waals surface area contributed by atoms with Gasteiger partial charge in [0.05, 0.1) is 17.4 Å². The predicted molar refractivity (Wildman–Crippen MR) is 139 cm³/mol. The lowest BCUT2D eigenvalue weighted by atomic mass is 9.97. The van der Waals surface area contributed by atoms with Gasteiger partial charge in [0.2, 0.25) is 0 Å². The molecular formula is C26H27F4N9. The van der Waals surface area contributed by atoms with E-state index in [1.165, 1.54) is 18.5 Å². The van der Waals surface area contributed by atoms with Crippen LogP contribution in [0.25, 0.3) is 22.6 Å². The number of alkyl halides is 4. The molecule has 1 aliphatic heterocycles. The van der Waals surface area contributed by atoms with Crippen LogP contribution >= 0.6 is 0 Å². The van der Waals surface area contributed by atoms with Crippen molar-refractivity contribution in [3.8, 4) is 11.4 Å². The van der Waals surface area contributed by atoms with E-state index >= 15 is 0 Å². The number of hydrogen-bond donors (Lipinski definition) is 1. The smallest absolute Gasteiger partial charge is 0.355 e. The van der Waals surface area contributed by atoms with Crippen LogP contribution in [-0.2, 0) is 12.9 Å². The molecule has 0 saturated carbocycles. The van der Waals surface area contributed by atoms with Gasteiger partial charge in [-0.3, -0.25) is 0 Å². The van der Waals surface area contributed by atoms with Crippen molar-refractivity contribution in [3.63, 3.8) is 0 Å². The van der Waals surface area contributed by atoms with Crippen LogP contribution in [-0.4, -0.2) is 68.8 Å². The van der Waals surface area contributed by atoms with E-state index in [2.05, 4.69) is 59.3 Å². The number of rotatable bonds is 7. The largest absolute Gasteiger partial charge is 0.417 e. The van der Waals surface area contributed by atoms with Crippen molar-refractivity contribution >= 4 is 28.5 Å². The minimum Gasteiger partial charge on any atom is -0.355 e. The lowest BCUT2D eigenvalue weighted by Gasteiger charge is -2.34. The van der Waals surface area contributed by atoms with Gasteiger partial charge in [-0.15, -0.1) is 10.2 Å². The molecule has 1 aliphatic rings. The van der Waals surface area contributed by atoms with Crippen LogP contribution in [0.3, 0.4) is 0 Å². The number of pyridine rings is 2. The summed E-state index contributed by atoms with van der Waals surface area (Å²) < 4.78 is 52.7. The SMILES string of the molecule is CN(C)CC1CCCN(c2cc(CF)c(-c3cnc4c(Nc5ccc(C(F)(F)F)cn5)ccnc4n3)nn2)C1. The second kappa shape index (κ2) is 11.0. The molecule has 13 heteroatoms. The first kappa shape index (κ1) is 26.6. The summed E-state index contributed by atoms with van der Waals surface area (Å²) in [6.07, 6.45) is 1.39. The van der Waals surface area contributed by atoms with Gasteiger partial charge in [-0.25, -0.2) is 24.3 Å². The average Bonchev–Trinajstić information content (AvgIpc) is 2.92. The summed E-state index contributed by atoms with van der Waals surface area (Å²) in [5, 5.41) is 11.7. The first-order valence-electron chi connectivity index (χ1n) is 12.5. The van der Waals surface area contributed by atoms with Crippen LogP contribution in [0, 0.1) is 5.92 Å². The van der Waals surface area contributed by atoms with E-state index in [4.69, 9.17) is 0 Å². The highest BCUT2D eigenvalue weighted by atomic mass is 19.4. The molecule has 9 nitrogen and oxygen atoms in total. The number of aromatic nitrogens is 6. The van der Waals surface area contributed by atoms with Crippen LogP contribution in [0.15, 0.2) is 42.9 Å². The normalized spacial score (nSPS) is 16.2. The summed E-state index contributed by atoms with van der Waals surface area (Å²) in [7, 11) is 4.11. The van der Waals surface area contributed by atoms with E-state index in [0.29, 0.717) is 34.2 Å². The van der Waals surface area contributed by atoms with E-state index in [-0.39, 0.29) is 17.2 Å². The molecule has 1 fully saturated rings. The van der Waals surface area contributed by atoms with Gasteiger partial charge >= 0.3 is 6.18 Å². The summed E-state index contributed by atoms with van der Waals surface area (Å²) in [6.45, 7) is 1.90. The summed E-state index contributed by atoms with van der Waals surface area (Å²) in [4.78, 5) is 21.4. The number of anilines is 3. The fourth-order valence-electron chi connectivity index (χ4n) is 4.74. The highest BCUT2D eigenvalue weighted by molar-refractivity contribution is 5.87. The fourth-order valence-corrected chi connectivity index (χ4v) is 4.74. The standard InChI is InChI=1S/C26H27F4N9/c1-38(2)14-16-4-3-9-39(15-16)22-10-17(11-27)23(37-36-22)20-13-33-24-19(7-8-31-25(24)35-20)34-21-6-5-18(12-32-21)26(28,29)30/h5-8,10,12-13,16H,3-4,9,11,14-15H2,1-2H3,(H,31,32,34,35). The highest BCUT2D eigenvalue weighted by Gasteiger charge is 2.30. The molecule has 1 unspecified atom stereocenters. The molecule has 39 heavy (non-hydrogen) atoms. The zero-order chi connectivity index (χ0) is 27.6. The molecule has 5 heterocycles. The van der Waals surface area contributed by atoms with Crippen LogP contribution in [0.5, 0.6) is 0 Å². The van der Waals surface area contributed by atoms with Crippen LogP contribution in [0.2, 0.25) is 0 Å². The minimum atomic E-state index is -4.47. The van der Waals surface area contributed by atoms with Crippen molar-refractivity contribution in [2.45, 2.75) is 25.7 Å². The van der Waals surface area contributed by atoms with E-state index in [0.717, 1.165) is 44.7 Å². The van der Waals surface area contributed by atoms with Gasteiger partial charge in [-0.2, -0.15) is 13.2 Å². The van der Waals surface area contributed by atoms with Gasteiger partial charge in [-0.05, 0) is 57.1 Å². The van der Waals surface area contributed by atoms with Crippen molar-refractivity contribution < 1.29 is 17.6 Å². The number of halogens is 4. The first-order valence-corrected chi connectivity index (χ1v) is 12.5. The average molecular weight is 542 g/mol. The van der Waals surface area contributed by atoms with Crippen molar-refractivity contribution in [1.82, 2.24) is 35.0 Å². The second-order valence-corrected chi connectivity index (χ2v) is 9.77. The Kier molecular flexibility index (Phi) is 7.51. The van der Waals surface area contributed by atoms with E-state index in [1.54, 1.807) is 12.1 Å². The van der Waals surface area contributed by atoms with Crippen LogP contribution in [0.4, 0.5) is 34.9 Å². The van der Waals surface area contributed by atoms with E-state index < -0.39 is 18.4 Å². The molecular weight excluding hydrogens is 514 g/mol. The van der Waals surface area contributed by atoms with Gasteiger partial charge in [0.15, 0.2) is 11.5 Å². The zero-order valence-electron chi connectivity index (χ0n) is 21.5. The third-order valence-corrected chi connectivity index (χ3v) is 6.51. The number of fused-ring (bicyclic) bond motifs is 1. The minimum absolute atomic E-state index is 0.202. The summed E-state index contributed by atoms with van der Waals surface area (Å²) in [6, 6.07) is 5.50.